The highest BCUT2D eigenvalue weighted by molar-refractivity contribution is 6.31. The van der Waals surface area contributed by atoms with Crippen LogP contribution < -0.4 is 11.1 Å². The second kappa shape index (κ2) is 6.78. The van der Waals surface area contributed by atoms with Crippen molar-refractivity contribution in [2.24, 2.45) is 11.1 Å². The minimum atomic E-state index is -0.390. The zero-order valence-electron chi connectivity index (χ0n) is 15.9. The van der Waals surface area contributed by atoms with Crippen LogP contribution in [0.2, 0.25) is 5.02 Å². The van der Waals surface area contributed by atoms with Gasteiger partial charge < -0.3 is 11.1 Å². The number of halogens is 2. The number of nitrogens with one attached hydrogen (secondary N) is 1. The van der Waals surface area contributed by atoms with Gasteiger partial charge in [0.15, 0.2) is 5.78 Å². The molecule has 1 heterocycles. The number of allylic oxidation sites excluding steroid dienone is 3. The fraction of sp³-hybridized carbons (Fsp3) is 0.261. The maximum atomic E-state index is 13.5. The Labute approximate surface area is 169 Å². The Kier molecular flexibility index (Phi) is 4.54. The van der Waals surface area contributed by atoms with Gasteiger partial charge in [-0.25, -0.2) is 4.39 Å². The summed E-state index contributed by atoms with van der Waals surface area (Å²) in [5, 5.41) is 3.84. The summed E-state index contributed by atoms with van der Waals surface area (Å²) in [6.45, 7) is 4.16. The molecule has 1 aliphatic carbocycles. The maximum absolute atomic E-state index is 13.5. The first-order valence-electron chi connectivity index (χ1n) is 9.30. The molecule has 3 nitrogen and oxygen atoms in total. The number of benzene rings is 2. The van der Waals surface area contributed by atoms with E-state index in [0.29, 0.717) is 22.8 Å². The summed E-state index contributed by atoms with van der Waals surface area (Å²) in [6.07, 6.45) is 1.19. The van der Waals surface area contributed by atoms with Gasteiger partial charge in [0.25, 0.3) is 0 Å². The van der Waals surface area contributed by atoms with Crippen molar-refractivity contribution in [3.05, 3.63) is 87.6 Å². The summed E-state index contributed by atoms with van der Waals surface area (Å²) in [5.41, 5.74) is 10.2. The van der Waals surface area contributed by atoms with Crippen molar-refractivity contribution in [3.8, 4) is 0 Å². The van der Waals surface area contributed by atoms with Gasteiger partial charge in [0.2, 0.25) is 0 Å². The number of hydrogen-bond acceptors (Lipinski definition) is 3. The lowest BCUT2D eigenvalue weighted by Crippen LogP contribution is -2.39. The molecule has 28 heavy (non-hydrogen) atoms. The minimum Gasteiger partial charge on any atom is -0.385 e. The summed E-state index contributed by atoms with van der Waals surface area (Å²) in [4.78, 5) is 13.2. The Morgan fingerprint density at radius 2 is 1.75 bits per heavy atom. The lowest BCUT2D eigenvalue weighted by atomic mass is 9.68. The third-order valence-electron chi connectivity index (χ3n) is 5.44. The lowest BCUT2D eigenvalue weighted by Gasteiger charge is -2.40. The van der Waals surface area contributed by atoms with Crippen LogP contribution in [0.3, 0.4) is 0 Å². The van der Waals surface area contributed by atoms with E-state index in [-0.39, 0.29) is 22.9 Å². The molecule has 2 aromatic carbocycles. The molecule has 0 radical (unpaired) electrons. The Morgan fingerprint density at radius 1 is 1.07 bits per heavy atom. The molecular formula is C23H22ClFN2O. The molecule has 1 unspecified atom stereocenters. The topological polar surface area (TPSA) is 55.1 Å². The first-order chi connectivity index (χ1) is 13.3. The van der Waals surface area contributed by atoms with Gasteiger partial charge in [-0.05, 0) is 41.2 Å². The summed E-state index contributed by atoms with van der Waals surface area (Å²) in [5.74, 6) is -0.146. The van der Waals surface area contributed by atoms with Crippen LogP contribution in [0.5, 0.6) is 0 Å². The van der Waals surface area contributed by atoms with E-state index >= 15 is 0 Å². The van der Waals surface area contributed by atoms with E-state index in [4.69, 9.17) is 17.3 Å². The summed E-state index contributed by atoms with van der Waals surface area (Å²) >= 11 is 6.54. The van der Waals surface area contributed by atoms with E-state index in [0.717, 1.165) is 28.8 Å². The van der Waals surface area contributed by atoms with Crippen LogP contribution in [0.4, 0.5) is 4.39 Å². The van der Waals surface area contributed by atoms with Crippen LogP contribution in [0.1, 0.15) is 43.7 Å². The standard InChI is InChI=1S/C23H22ClFN2O/c1-23(2)11-17-21(18(28)12-23)20(15-5-3-4-6-16(15)24)19(22(26)27-17)13-7-9-14(25)10-8-13/h3-10,20,27H,11-12,26H2,1-2H3. The molecule has 0 aromatic heterocycles. The number of ketones is 1. The van der Waals surface area contributed by atoms with Crippen LogP contribution in [-0.2, 0) is 4.79 Å². The predicted molar refractivity (Wildman–Crippen MR) is 110 cm³/mol. The largest absolute Gasteiger partial charge is 0.385 e. The third kappa shape index (κ3) is 3.22. The number of hydrogen-bond donors (Lipinski definition) is 2. The number of rotatable bonds is 2. The molecular weight excluding hydrogens is 375 g/mol. The van der Waals surface area contributed by atoms with Crippen molar-refractivity contribution in [2.75, 3.05) is 0 Å². The highest BCUT2D eigenvalue weighted by Gasteiger charge is 2.42. The maximum Gasteiger partial charge on any atom is 0.162 e. The van der Waals surface area contributed by atoms with Crippen LogP contribution in [0.25, 0.3) is 5.57 Å². The minimum absolute atomic E-state index is 0.0933. The molecule has 4 rings (SSSR count). The van der Waals surface area contributed by atoms with Crippen molar-refractivity contribution in [1.29, 1.82) is 0 Å². The predicted octanol–water partition coefficient (Wildman–Crippen LogP) is 5.14. The molecule has 0 bridgehead atoms. The zero-order valence-corrected chi connectivity index (χ0v) is 16.6. The molecule has 0 fully saturated rings. The van der Waals surface area contributed by atoms with E-state index in [1.807, 2.05) is 24.3 Å². The molecule has 5 heteroatoms. The van der Waals surface area contributed by atoms with Gasteiger partial charge >= 0.3 is 0 Å². The van der Waals surface area contributed by atoms with E-state index in [1.54, 1.807) is 12.1 Å². The van der Waals surface area contributed by atoms with E-state index in [2.05, 4.69) is 19.2 Å². The molecule has 3 N–H and O–H groups in total. The molecule has 2 aromatic rings. The van der Waals surface area contributed by atoms with Gasteiger partial charge in [-0.1, -0.05) is 55.8 Å². The van der Waals surface area contributed by atoms with Crippen LogP contribution in [0.15, 0.2) is 65.6 Å². The average Bonchev–Trinajstić information content (AvgIpc) is 2.61. The van der Waals surface area contributed by atoms with Crippen LogP contribution in [0, 0.1) is 11.2 Å². The summed E-state index contributed by atoms with van der Waals surface area (Å²) in [6, 6.07) is 13.7. The van der Waals surface area contributed by atoms with Gasteiger partial charge in [0.05, 0.1) is 0 Å². The highest BCUT2D eigenvalue weighted by Crippen LogP contribution is 2.49. The number of carbonyl (C=O) groups excluding carboxylic acids is 1. The Hall–Kier alpha value is -2.59. The van der Waals surface area contributed by atoms with Gasteiger partial charge in [0, 0.05) is 34.2 Å². The molecule has 144 valence electrons. The fourth-order valence-electron chi connectivity index (χ4n) is 4.28. The second-order valence-corrected chi connectivity index (χ2v) is 8.65. The first-order valence-corrected chi connectivity index (χ1v) is 9.68. The van der Waals surface area contributed by atoms with Gasteiger partial charge in [-0.3, -0.25) is 4.79 Å². The number of nitrogens with two attached hydrogens (primary N) is 1. The first kappa shape index (κ1) is 18.8. The average molecular weight is 397 g/mol. The Balaban J connectivity index is 1.95. The van der Waals surface area contributed by atoms with Crippen LogP contribution >= 0.6 is 11.6 Å². The number of carbonyl (C=O) groups is 1. The lowest BCUT2D eigenvalue weighted by molar-refractivity contribution is -0.118. The molecule has 0 spiro atoms. The smallest absolute Gasteiger partial charge is 0.162 e. The third-order valence-corrected chi connectivity index (χ3v) is 5.79. The SMILES string of the molecule is CC1(C)CC(=O)C2=C(C1)NC(N)=C(c1ccc(F)cc1)C2c1ccccc1Cl. The van der Waals surface area contributed by atoms with Crippen molar-refractivity contribution >= 4 is 23.0 Å². The quantitative estimate of drug-likeness (QED) is 0.739. The summed E-state index contributed by atoms with van der Waals surface area (Å²) in [7, 11) is 0. The Bertz CT molecular complexity index is 1020. The fourth-order valence-corrected chi connectivity index (χ4v) is 4.53. The molecule has 0 amide bonds. The second-order valence-electron chi connectivity index (χ2n) is 8.25. The molecule has 0 saturated heterocycles. The Morgan fingerprint density at radius 3 is 2.43 bits per heavy atom. The van der Waals surface area contributed by atoms with Crippen molar-refractivity contribution in [1.82, 2.24) is 5.32 Å². The van der Waals surface area contributed by atoms with Gasteiger partial charge in [-0.15, -0.1) is 0 Å². The summed E-state index contributed by atoms with van der Waals surface area (Å²) < 4.78 is 13.5. The molecule has 1 atom stereocenters. The highest BCUT2D eigenvalue weighted by atomic mass is 35.5. The van der Waals surface area contributed by atoms with E-state index in [1.165, 1.54) is 12.1 Å². The monoisotopic (exact) mass is 396 g/mol. The van der Waals surface area contributed by atoms with Gasteiger partial charge in [-0.2, -0.15) is 0 Å². The van der Waals surface area contributed by atoms with Crippen molar-refractivity contribution in [3.63, 3.8) is 0 Å². The van der Waals surface area contributed by atoms with E-state index in [9.17, 15) is 9.18 Å². The number of Topliss-reactive ketones (excluding diaryl/α,β-unsaturated/α-hetero) is 1. The van der Waals surface area contributed by atoms with Crippen molar-refractivity contribution in [2.45, 2.75) is 32.6 Å². The van der Waals surface area contributed by atoms with E-state index < -0.39 is 0 Å². The molecule has 1 aliphatic heterocycles. The van der Waals surface area contributed by atoms with Crippen molar-refractivity contribution < 1.29 is 9.18 Å². The number of dihydropyridines is 1. The molecule has 2 aliphatic rings. The van der Waals surface area contributed by atoms with Crippen LogP contribution in [-0.4, -0.2) is 5.78 Å². The molecule has 0 saturated carbocycles. The van der Waals surface area contributed by atoms with Gasteiger partial charge in [0.1, 0.15) is 11.6 Å². The normalized spacial score (nSPS) is 21.4. The zero-order chi connectivity index (χ0) is 20.1.